The summed E-state index contributed by atoms with van der Waals surface area (Å²) in [6.45, 7) is 6.79. The number of para-hydroxylation sites is 1. The molecule has 0 saturated heterocycles. The highest BCUT2D eigenvalue weighted by atomic mass is 32.1. The standard InChI is InChI=1S/C22H31N3O3S/c1-22(2,3)28-21(26)25-19-12-8-7-11-18(19)23-13-16-15-29-20(24-16)14-27-17-9-5-4-6-10-17/h4-6,9-10,15,18-19,23H,7-8,11-14H2,1-3H3,(H,25,26)/t18-,19-/m1/s1. The molecule has 1 aliphatic carbocycles. The number of hydrogen-bond donors (Lipinski definition) is 2. The molecule has 1 aromatic carbocycles. The summed E-state index contributed by atoms with van der Waals surface area (Å²) in [5, 5.41) is 9.64. The molecule has 7 heteroatoms. The first-order chi connectivity index (χ1) is 13.9. The van der Waals surface area contributed by atoms with Crippen molar-refractivity contribution in [3.8, 4) is 5.75 Å². The van der Waals surface area contributed by atoms with Crippen LogP contribution >= 0.6 is 11.3 Å². The van der Waals surface area contributed by atoms with Gasteiger partial charge in [0.2, 0.25) is 0 Å². The summed E-state index contributed by atoms with van der Waals surface area (Å²) in [6, 6.07) is 10.1. The molecule has 1 aromatic heterocycles. The van der Waals surface area contributed by atoms with Crippen LogP contribution in [0.25, 0.3) is 0 Å². The fourth-order valence-electron chi connectivity index (χ4n) is 3.40. The van der Waals surface area contributed by atoms with Crippen LogP contribution in [0.4, 0.5) is 4.79 Å². The number of nitrogens with one attached hydrogen (secondary N) is 2. The van der Waals surface area contributed by atoms with Crippen LogP contribution < -0.4 is 15.4 Å². The number of thiazole rings is 1. The van der Waals surface area contributed by atoms with E-state index in [1.807, 2.05) is 51.1 Å². The summed E-state index contributed by atoms with van der Waals surface area (Å²) in [7, 11) is 0. The first-order valence-electron chi connectivity index (χ1n) is 10.2. The highest BCUT2D eigenvalue weighted by molar-refractivity contribution is 7.09. The second-order valence-electron chi connectivity index (χ2n) is 8.36. The van der Waals surface area contributed by atoms with Crippen LogP contribution in [0, 0.1) is 0 Å². The Kier molecular flexibility index (Phi) is 7.50. The number of nitrogens with zero attached hydrogens (tertiary/aromatic N) is 1. The van der Waals surface area contributed by atoms with Crippen LogP contribution in [-0.2, 0) is 17.9 Å². The number of hydrogen-bond acceptors (Lipinski definition) is 6. The zero-order chi connectivity index (χ0) is 20.7. The fraction of sp³-hybridized carbons (Fsp3) is 0.545. The second-order valence-corrected chi connectivity index (χ2v) is 9.30. The highest BCUT2D eigenvalue weighted by Gasteiger charge is 2.28. The number of aromatic nitrogens is 1. The summed E-state index contributed by atoms with van der Waals surface area (Å²) in [5.41, 5.74) is 0.517. The number of amides is 1. The molecule has 6 nitrogen and oxygen atoms in total. The molecule has 158 valence electrons. The van der Waals surface area contributed by atoms with Gasteiger partial charge in [0, 0.05) is 24.0 Å². The predicted octanol–water partition coefficient (Wildman–Crippen LogP) is 4.65. The Bertz CT molecular complexity index is 773. The van der Waals surface area contributed by atoms with Gasteiger partial charge in [0.15, 0.2) is 0 Å². The van der Waals surface area contributed by atoms with E-state index < -0.39 is 5.60 Å². The number of carbonyl (C=O) groups is 1. The SMILES string of the molecule is CC(C)(C)OC(=O)N[C@@H]1CCCC[C@H]1NCc1csc(COc2ccccc2)n1. The molecular formula is C22H31N3O3S. The van der Waals surface area contributed by atoms with Crippen LogP contribution in [0.15, 0.2) is 35.7 Å². The second kappa shape index (κ2) is 10.1. The van der Waals surface area contributed by atoms with E-state index in [0.717, 1.165) is 42.1 Å². The minimum Gasteiger partial charge on any atom is -0.486 e. The van der Waals surface area contributed by atoms with E-state index in [0.29, 0.717) is 13.2 Å². The van der Waals surface area contributed by atoms with E-state index in [-0.39, 0.29) is 18.2 Å². The Balaban J connectivity index is 1.47. The van der Waals surface area contributed by atoms with Gasteiger partial charge in [-0.15, -0.1) is 11.3 Å². The van der Waals surface area contributed by atoms with Gasteiger partial charge in [-0.3, -0.25) is 0 Å². The topological polar surface area (TPSA) is 72.5 Å². The predicted molar refractivity (Wildman–Crippen MR) is 115 cm³/mol. The summed E-state index contributed by atoms with van der Waals surface area (Å²) in [5.74, 6) is 0.848. The van der Waals surface area contributed by atoms with Gasteiger partial charge >= 0.3 is 6.09 Å². The third-order valence-corrected chi connectivity index (χ3v) is 5.59. The quantitative estimate of drug-likeness (QED) is 0.686. The maximum absolute atomic E-state index is 12.2. The van der Waals surface area contributed by atoms with Crippen molar-refractivity contribution in [3.05, 3.63) is 46.4 Å². The van der Waals surface area contributed by atoms with Crippen LogP contribution in [0.1, 0.15) is 57.2 Å². The minimum atomic E-state index is -0.486. The van der Waals surface area contributed by atoms with Gasteiger partial charge < -0.3 is 20.1 Å². The number of benzene rings is 1. The van der Waals surface area contributed by atoms with Crippen molar-refractivity contribution in [2.75, 3.05) is 0 Å². The fourth-order valence-corrected chi connectivity index (χ4v) is 4.11. The van der Waals surface area contributed by atoms with Crippen molar-refractivity contribution >= 4 is 17.4 Å². The number of carbonyl (C=O) groups excluding carboxylic acids is 1. The van der Waals surface area contributed by atoms with E-state index in [4.69, 9.17) is 9.47 Å². The zero-order valence-corrected chi connectivity index (χ0v) is 18.3. The average Bonchev–Trinajstić information content (AvgIpc) is 3.13. The van der Waals surface area contributed by atoms with Crippen LogP contribution in [0.3, 0.4) is 0 Å². The summed E-state index contributed by atoms with van der Waals surface area (Å²) in [6.07, 6.45) is 3.94. The first-order valence-corrected chi connectivity index (χ1v) is 11.1. The van der Waals surface area contributed by atoms with Crippen molar-refractivity contribution in [3.63, 3.8) is 0 Å². The number of alkyl carbamates (subject to hydrolysis) is 1. The minimum absolute atomic E-state index is 0.0816. The van der Waals surface area contributed by atoms with E-state index in [1.54, 1.807) is 11.3 Å². The van der Waals surface area contributed by atoms with Crippen LogP contribution in [0.2, 0.25) is 0 Å². The van der Waals surface area contributed by atoms with Gasteiger partial charge in [0.25, 0.3) is 0 Å². The van der Waals surface area contributed by atoms with E-state index in [2.05, 4.69) is 21.0 Å². The number of rotatable bonds is 7. The maximum atomic E-state index is 12.2. The Morgan fingerprint density at radius 3 is 2.62 bits per heavy atom. The molecule has 1 heterocycles. The molecule has 1 saturated carbocycles. The third-order valence-electron chi connectivity index (χ3n) is 4.72. The molecule has 0 radical (unpaired) electrons. The van der Waals surface area contributed by atoms with Gasteiger partial charge in [0.05, 0.1) is 5.69 Å². The lowest BCUT2D eigenvalue weighted by molar-refractivity contribution is 0.0479. The number of ether oxygens (including phenoxy) is 2. The Morgan fingerprint density at radius 1 is 1.17 bits per heavy atom. The van der Waals surface area contributed by atoms with Gasteiger partial charge in [-0.2, -0.15) is 0 Å². The Morgan fingerprint density at radius 2 is 1.90 bits per heavy atom. The molecule has 1 fully saturated rings. The average molecular weight is 418 g/mol. The molecule has 0 unspecified atom stereocenters. The lowest BCUT2D eigenvalue weighted by Gasteiger charge is -2.33. The van der Waals surface area contributed by atoms with Crippen molar-refractivity contribution in [2.24, 2.45) is 0 Å². The molecule has 29 heavy (non-hydrogen) atoms. The van der Waals surface area contributed by atoms with Gasteiger partial charge in [-0.05, 0) is 45.7 Å². The van der Waals surface area contributed by atoms with Crippen molar-refractivity contribution in [1.82, 2.24) is 15.6 Å². The molecule has 0 spiro atoms. The maximum Gasteiger partial charge on any atom is 0.407 e. The van der Waals surface area contributed by atoms with Crippen LogP contribution in [-0.4, -0.2) is 28.8 Å². The summed E-state index contributed by atoms with van der Waals surface area (Å²) >= 11 is 1.61. The normalized spacial score (nSPS) is 19.6. The van der Waals surface area contributed by atoms with Crippen LogP contribution in [0.5, 0.6) is 5.75 Å². The van der Waals surface area contributed by atoms with Gasteiger partial charge in [0.1, 0.15) is 23.0 Å². The molecule has 2 N–H and O–H groups in total. The van der Waals surface area contributed by atoms with E-state index in [1.165, 1.54) is 0 Å². The van der Waals surface area contributed by atoms with E-state index >= 15 is 0 Å². The highest BCUT2D eigenvalue weighted by Crippen LogP contribution is 2.21. The van der Waals surface area contributed by atoms with Gasteiger partial charge in [-0.25, -0.2) is 9.78 Å². The third kappa shape index (κ3) is 7.33. The van der Waals surface area contributed by atoms with Crippen molar-refractivity contribution in [2.45, 2.75) is 77.3 Å². The molecule has 1 aliphatic rings. The monoisotopic (exact) mass is 417 g/mol. The molecule has 2 aromatic rings. The largest absolute Gasteiger partial charge is 0.486 e. The van der Waals surface area contributed by atoms with Gasteiger partial charge in [-0.1, -0.05) is 31.0 Å². The summed E-state index contributed by atoms with van der Waals surface area (Å²) < 4.78 is 11.2. The lowest BCUT2D eigenvalue weighted by Crippen LogP contribution is -2.52. The smallest absolute Gasteiger partial charge is 0.407 e. The molecular weight excluding hydrogens is 386 g/mol. The molecule has 0 aliphatic heterocycles. The molecule has 0 bridgehead atoms. The molecule has 1 amide bonds. The van der Waals surface area contributed by atoms with E-state index in [9.17, 15) is 4.79 Å². The zero-order valence-electron chi connectivity index (χ0n) is 17.4. The Hall–Kier alpha value is -2.12. The van der Waals surface area contributed by atoms with Crippen molar-refractivity contribution in [1.29, 1.82) is 0 Å². The lowest BCUT2D eigenvalue weighted by atomic mass is 9.90. The Labute approximate surface area is 177 Å². The first kappa shape index (κ1) is 21.6. The van der Waals surface area contributed by atoms with Crippen molar-refractivity contribution < 1.29 is 14.3 Å². The molecule has 3 rings (SSSR count). The summed E-state index contributed by atoms with van der Waals surface area (Å²) in [4.78, 5) is 16.8. The molecule has 2 atom stereocenters.